The summed E-state index contributed by atoms with van der Waals surface area (Å²) in [5.74, 6) is 0.205. The minimum atomic E-state index is 0.205. The third kappa shape index (κ3) is 2.16. The van der Waals surface area contributed by atoms with Gasteiger partial charge in [0.25, 0.3) is 0 Å². The average Bonchev–Trinajstić information content (AvgIpc) is 2.85. The Kier molecular flexibility index (Phi) is 3.11. The Balaban J connectivity index is 2.02. The topological polar surface area (TPSA) is 17.1 Å². The van der Waals surface area contributed by atoms with Crippen molar-refractivity contribution in [3.63, 3.8) is 0 Å². The molecule has 1 nitrogen and oxygen atoms in total. The van der Waals surface area contributed by atoms with Gasteiger partial charge in [-0.3, -0.25) is 4.79 Å². The predicted molar refractivity (Wildman–Crippen MR) is 76.0 cm³/mol. The molecule has 1 aromatic carbocycles. The lowest BCUT2D eigenvalue weighted by atomic mass is 10.00. The lowest BCUT2D eigenvalue weighted by Crippen LogP contribution is -2.02. The average molecular weight is 254 g/mol. The van der Waals surface area contributed by atoms with Gasteiger partial charge in [-0.2, -0.15) is 0 Å². The van der Waals surface area contributed by atoms with Gasteiger partial charge in [0.1, 0.15) is 0 Å². The maximum atomic E-state index is 12.5. The van der Waals surface area contributed by atoms with Crippen LogP contribution in [0.1, 0.15) is 33.6 Å². The van der Waals surface area contributed by atoms with E-state index in [0.29, 0.717) is 0 Å². The smallest absolute Gasteiger partial charge is 0.189 e. The number of allylic oxidation sites excluding steroid dienone is 1. The molecule has 0 spiro atoms. The zero-order valence-electron chi connectivity index (χ0n) is 10.1. The van der Waals surface area contributed by atoms with Crippen LogP contribution in [0.5, 0.6) is 0 Å². The van der Waals surface area contributed by atoms with E-state index in [9.17, 15) is 4.79 Å². The molecule has 1 aliphatic carbocycles. The number of rotatable bonds is 1. The van der Waals surface area contributed by atoms with Crippen LogP contribution in [-0.4, -0.2) is 5.78 Å². The zero-order valence-corrected chi connectivity index (χ0v) is 10.9. The highest BCUT2D eigenvalue weighted by Gasteiger charge is 2.19. The van der Waals surface area contributed by atoms with E-state index in [1.165, 1.54) is 5.56 Å². The minimum absolute atomic E-state index is 0.205. The number of carbonyl (C=O) groups is 1. The van der Waals surface area contributed by atoms with Gasteiger partial charge >= 0.3 is 0 Å². The fourth-order valence-corrected chi connectivity index (χ4v) is 3.08. The summed E-state index contributed by atoms with van der Waals surface area (Å²) in [5.41, 5.74) is 3.03. The molecule has 0 atom stereocenters. The summed E-state index contributed by atoms with van der Waals surface area (Å²) < 4.78 is 0. The van der Waals surface area contributed by atoms with Gasteiger partial charge in [-0.05, 0) is 42.3 Å². The van der Waals surface area contributed by atoms with Gasteiger partial charge in [-0.1, -0.05) is 30.3 Å². The van der Waals surface area contributed by atoms with E-state index in [0.717, 1.165) is 35.3 Å². The van der Waals surface area contributed by atoms with E-state index < -0.39 is 0 Å². The van der Waals surface area contributed by atoms with Crippen molar-refractivity contribution in [1.29, 1.82) is 0 Å². The first-order valence-electron chi connectivity index (χ1n) is 6.21. The van der Waals surface area contributed by atoms with Crippen LogP contribution in [0.25, 0.3) is 6.08 Å². The number of aryl methyl sites for hydroxylation is 1. The standard InChI is InChI=1S/C16H14OS/c17-16-13(11-14-8-4-10-18-14)7-3-6-12-5-1-2-9-15(12)16/h1-2,4-5,8-11H,3,6-7H2/b13-11+. The van der Waals surface area contributed by atoms with E-state index in [4.69, 9.17) is 0 Å². The van der Waals surface area contributed by atoms with E-state index in [1.54, 1.807) is 11.3 Å². The monoisotopic (exact) mass is 254 g/mol. The molecule has 1 aliphatic rings. The fraction of sp³-hybridized carbons (Fsp3) is 0.188. The molecule has 0 saturated heterocycles. The molecule has 90 valence electrons. The Morgan fingerprint density at radius 2 is 1.94 bits per heavy atom. The molecular formula is C16H14OS. The van der Waals surface area contributed by atoms with Crippen molar-refractivity contribution < 1.29 is 4.79 Å². The largest absolute Gasteiger partial charge is 0.289 e. The zero-order chi connectivity index (χ0) is 12.4. The van der Waals surface area contributed by atoms with Gasteiger partial charge in [0, 0.05) is 16.0 Å². The van der Waals surface area contributed by atoms with Crippen LogP contribution in [0.3, 0.4) is 0 Å². The van der Waals surface area contributed by atoms with Gasteiger partial charge in [0.05, 0.1) is 0 Å². The number of hydrogen-bond donors (Lipinski definition) is 0. The second-order valence-electron chi connectivity index (χ2n) is 4.52. The summed E-state index contributed by atoms with van der Waals surface area (Å²) in [6, 6.07) is 12.1. The van der Waals surface area contributed by atoms with Gasteiger partial charge in [-0.15, -0.1) is 11.3 Å². The van der Waals surface area contributed by atoms with Crippen molar-refractivity contribution >= 4 is 23.2 Å². The maximum absolute atomic E-state index is 12.5. The Morgan fingerprint density at radius 3 is 2.78 bits per heavy atom. The lowest BCUT2D eigenvalue weighted by Gasteiger charge is -2.04. The highest BCUT2D eigenvalue weighted by atomic mass is 32.1. The SMILES string of the molecule is O=C1/C(=C/c2cccs2)CCCc2ccccc21. The van der Waals surface area contributed by atoms with Crippen molar-refractivity contribution in [2.45, 2.75) is 19.3 Å². The van der Waals surface area contributed by atoms with Crippen molar-refractivity contribution in [1.82, 2.24) is 0 Å². The van der Waals surface area contributed by atoms with E-state index >= 15 is 0 Å². The Morgan fingerprint density at radius 1 is 1.06 bits per heavy atom. The normalized spacial score (nSPS) is 17.6. The van der Waals surface area contributed by atoms with Crippen LogP contribution in [0.2, 0.25) is 0 Å². The molecule has 2 aromatic rings. The third-order valence-electron chi connectivity index (χ3n) is 3.31. The Labute approximate surface area is 111 Å². The molecule has 0 aliphatic heterocycles. The predicted octanol–water partition coefficient (Wildman–Crippen LogP) is 4.35. The van der Waals surface area contributed by atoms with Crippen molar-refractivity contribution in [2.24, 2.45) is 0 Å². The Hall–Kier alpha value is -1.67. The molecule has 0 fully saturated rings. The lowest BCUT2D eigenvalue weighted by molar-refractivity contribution is 0.103. The van der Waals surface area contributed by atoms with Crippen LogP contribution in [0, 0.1) is 0 Å². The first kappa shape index (κ1) is 11.4. The molecule has 0 saturated carbocycles. The number of benzene rings is 1. The number of Topliss-reactive ketones (excluding diaryl/α,β-unsaturated/α-hetero) is 1. The second kappa shape index (κ2) is 4.91. The summed E-state index contributed by atoms with van der Waals surface area (Å²) in [4.78, 5) is 13.7. The molecular weight excluding hydrogens is 240 g/mol. The summed E-state index contributed by atoms with van der Waals surface area (Å²) in [6.07, 6.45) is 4.99. The molecule has 0 amide bonds. The molecule has 18 heavy (non-hydrogen) atoms. The van der Waals surface area contributed by atoms with Crippen molar-refractivity contribution in [3.8, 4) is 0 Å². The van der Waals surface area contributed by atoms with Crippen LogP contribution >= 0.6 is 11.3 Å². The van der Waals surface area contributed by atoms with E-state index in [1.807, 2.05) is 29.6 Å². The number of ketones is 1. The molecule has 0 radical (unpaired) electrons. The molecule has 0 unspecified atom stereocenters. The van der Waals surface area contributed by atoms with Crippen molar-refractivity contribution in [3.05, 3.63) is 63.4 Å². The van der Waals surface area contributed by atoms with Gasteiger partial charge in [0.15, 0.2) is 5.78 Å². The molecule has 0 bridgehead atoms. The molecule has 1 aromatic heterocycles. The summed E-state index contributed by atoms with van der Waals surface area (Å²) >= 11 is 1.68. The van der Waals surface area contributed by atoms with Crippen LogP contribution in [0.4, 0.5) is 0 Å². The number of thiophene rings is 1. The first-order chi connectivity index (χ1) is 8.84. The fourth-order valence-electron chi connectivity index (χ4n) is 2.40. The Bertz CT molecular complexity index is 593. The van der Waals surface area contributed by atoms with Crippen LogP contribution < -0.4 is 0 Å². The van der Waals surface area contributed by atoms with Crippen LogP contribution in [-0.2, 0) is 6.42 Å². The highest BCUT2D eigenvalue weighted by Crippen LogP contribution is 2.26. The molecule has 2 heteroatoms. The van der Waals surface area contributed by atoms with Crippen molar-refractivity contribution in [2.75, 3.05) is 0 Å². The van der Waals surface area contributed by atoms with E-state index in [-0.39, 0.29) is 5.78 Å². The summed E-state index contributed by atoms with van der Waals surface area (Å²) in [5, 5.41) is 2.04. The number of carbonyl (C=O) groups excluding carboxylic acids is 1. The van der Waals surface area contributed by atoms with Gasteiger partial charge < -0.3 is 0 Å². The third-order valence-corrected chi connectivity index (χ3v) is 4.12. The maximum Gasteiger partial charge on any atom is 0.189 e. The molecule has 3 rings (SSSR count). The highest BCUT2D eigenvalue weighted by molar-refractivity contribution is 7.10. The second-order valence-corrected chi connectivity index (χ2v) is 5.50. The molecule has 0 N–H and O–H groups in total. The van der Waals surface area contributed by atoms with Gasteiger partial charge in [0.2, 0.25) is 0 Å². The van der Waals surface area contributed by atoms with Gasteiger partial charge in [-0.25, -0.2) is 0 Å². The minimum Gasteiger partial charge on any atom is -0.289 e. The number of fused-ring (bicyclic) bond motifs is 1. The summed E-state index contributed by atoms with van der Waals surface area (Å²) in [6.45, 7) is 0. The number of hydrogen-bond acceptors (Lipinski definition) is 2. The van der Waals surface area contributed by atoms with E-state index in [2.05, 4.69) is 18.2 Å². The first-order valence-corrected chi connectivity index (χ1v) is 7.09. The van der Waals surface area contributed by atoms with Crippen LogP contribution in [0.15, 0.2) is 47.4 Å². The summed E-state index contributed by atoms with van der Waals surface area (Å²) in [7, 11) is 0. The molecule has 1 heterocycles. The quantitative estimate of drug-likeness (QED) is 0.546.